The van der Waals surface area contributed by atoms with E-state index in [9.17, 15) is 14.9 Å². The Kier molecular flexibility index (Phi) is 3.38. The van der Waals surface area contributed by atoms with Crippen molar-refractivity contribution in [2.75, 3.05) is 13.9 Å². The molecule has 1 heterocycles. The zero-order chi connectivity index (χ0) is 15.7. The molecule has 0 bridgehead atoms. The van der Waals surface area contributed by atoms with Crippen molar-refractivity contribution in [2.24, 2.45) is 0 Å². The van der Waals surface area contributed by atoms with Crippen LogP contribution in [-0.2, 0) is 0 Å². The first-order chi connectivity index (χ1) is 10.7. The molecule has 22 heavy (non-hydrogen) atoms. The van der Waals surface area contributed by atoms with Crippen molar-refractivity contribution in [3.8, 4) is 28.4 Å². The van der Waals surface area contributed by atoms with Crippen LogP contribution in [0.5, 0.6) is 17.2 Å². The molecule has 0 radical (unpaired) electrons. The minimum absolute atomic E-state index is 0.0422. The first-order valence-corrected chi connectivity index (χ1v) is 6.36. The Labute approximate surface area is 125 Å². The highest BCUT2D eigenvalue weighted by atomic mass is 16.7. The summed E-state index contributed by atoms with van der Waals surface area (Å²) in [6.45, 7) is -0.0437. The van der Waals surface area contributed by atoms with E-state index in [0.717, 1.165) is 0 Å². The summed E-state index contributed by atoms with van der Waals surface area (Å²) < 4.78 is 15.7. The van der Waals surface area contributed by atoms with E-state index >= 15 is 0 Å². The van der Waals surface area contributed by atoms with E-state index in [1.54, 1.807) is 24.3 Å². The Hall–Kier alpha value is -3.09. The molecule has 1 aliphatic rings. The van der Waals surface area contributed by atoms with E-state index in [1.165, 1.54) is 13.2 Å². The van der Waals surface area contributed by atoms with Crippen LogP contribution in [0.3, 0.4) is 0 Å². The summed E-state index contributed by atoms with van der Waals surface area (Å²) in [5.41, 5.74) is 0.595. The van der Waals surface area contributed by atoms with Crippen LogP contribution >= 0.6 is 0 Å². The molecular weight excluding hydrogens is 290 g/mol. The summed E-state index contributed by atoms with van der Waals surface area (Å²) in [7, 11) is 1.54. The third-order valence-corrected chi connectivity index (χ3v) is 3.37. The molecule has 0 fully saturated rings. The lowest BCUT2D eigenvalue weighted by molar-refractivity contribution is -0.385. The molecule has 0 spiro atoms. The van der Waals surface area contributed by atoms with Gasteiger partial charge in [-0.25, -0.2) is 0 Å². The summed E-state index contributed by atoms with van der Waals surface area (Å²) in [5, 5.41) is 11.2. The lowest BCUT2D eigenvalue weighted by atomic mass is 9.97. The number of aldehydes is 1. The van der Waals surface area contributed by atoms with Crippen molar-refractivity contribution in [3.63, 3.8) is 0 Å². The Morgan fingerprint density at radius 1 is 1.27 bits per heavy atom. The number of hydrogen-bond acceptors (Lipinski definition) is 6. The first-order valence-electron chi connectivity index (χ1n) is 6.36. The van der Waals surface area contributed by atoms with E-state index in [-0.39, 0.29) is 23.8 Å². The van der Waals surface area contributed by atoms with Gasteiger partial charge >= 0.3 is 0 Å². The molecule has 2 aromatic rings. The Balaban J connectivity index is 2.28. The summed E-state index contributed by atoms with van der Waals surface area (Å²) in [5.74, 6) is 1.22. The van der Waals surface area contributed by atoms with Gasteiger partial charge in [0.2, 0.25) is 6.79 Å². The van der Waals surface area contributed by atoms with Crippen LogP contribution in [0.2, 0.25) is 0 Å². The van der Waals surface area contributed by atoms with E-state index in [0.29, 0.717) is 28.9 Å². The number of nitro benzene ring substituents is 1. The number of carbonyl (C=O) groups is 1. The third kappa shape index (κ3) is 2.12. The first kappa shape index (κ1) is 13.9. The van der Waals surface area contributed by atoms with Crippen LogP contribution < -0.4 is 14.2 Å². The lowest BCUT2D eigenvalue weighted by Crippen LogP contribution is -1.99. The normalized spacial score (nSPS) is 12.0. The zero-order valence-electron chi connectivity index (χ0n) is 11.6. The number of fused-ring (bicyclic) bond motifs is 1. The fourth-order valence-corrected chi connectivity index (χ4v) is 2.36. The number of carbonyl (C=O) groups excluding carboxylic acids is 1. The maximum Gasteiger partial charge on any atom is 0.284 e. The molecule has 0 N–H and O–H groups in total. The Bertz CT molecular complexity index is 754. The van der Waals surface area contributed by atoms with Gasteiger partial charge in [-0.2, -0.15) is 0 Å². The van der Waals surface area contributed by atoms with Crippen molar-refractivity contribution in [2.45, 2.75) is 0 Å². The minimum atomic E-state index is -0.612. The summed E-state index contributed by atoms with van der Waals surface area (Å²) in [4.78, 5) is 22.0. The van der Waals surface area contributed by atoms with E-state index in [4.69, 9.17) is 14.2 Å². The molecule has 0 saturated carbocycles. The van der Waals surface area contributed by atoms with Gasteiger partial charge in [-0.05, 0) is 17.7 Å². The van der Waals surface area contributed by atoms with Crippen LogP contribution in [0.1, 0.15) is 10.4 Å². The average molecular weight is 301 g/mol. The molecule has 0 amide bonds. The lowest BCUT2D eigenvalue weighted by Gasteiger charge is -2.10. The monoisotopic (exact) mass is 301 g/mol. The maximum absolute atomic E-state index is 11.4. The van der Waals surface area contributed by atoms with E-state index in [1.807, 2.05) is 0 Å². The molecule has 112 valence electrons. The quantitative estimate of drug-likeness (QED) is 0.490. The maximum atomic E-state index is 11.4. The molecule has 1 aliphatic heterocycles. The van der Waals surface area contributed by atoms with Gasteiger partial charge in [0.25, 0.3) is 5.69 Å². The molecule has 0 unspecified atom stereocenters. The molecule has 0 saturated heterocycles. The van der Waals surface area contributed by atoms with Gasteiger partial charge in [0.1, 0.15) is 11.3 Å². The second-order valence-electron chi connectivity index (χ2n) is 4.52. The predicted octanol–water partition coefficient (Wildman–Crippen LogP) is 2.81. The molecule has 7 nitrogen and oxygen atoms in total. The smallest absolute Gasteiger partial charge is 0.284 e. The SMILES string of the molecule is COc1ccc(-c2c(C=O)c([N+](=O)[O-])cc3c2OCO3)cc1. The van der Waals surface area contributed by atoms with Gasteiger partial charge in [0.15, 0.2) is 17.8 Å². The predicted molar refractivity (Wildman–Crippen MR) is 76.6 cm³/mol. The Morgan fingerprint density at radius 3 is 2.59 bits per heavy atom. The standard InChI is InChI=1S/C15H11NO6/c1-20-10-4-2-9(3-5-10)14-11(7-17)12(16(18)19)6-13-15(14)22-8-21-13/h2-7H,8H2,1H3. The van der Waals surface area contributed by atoms with Gasteiger partial charge in [0, 0.05) is 5.56 Å². The van der Waals surface area contributed by atoms with Gasteiger partial charge in [-0.3, -0.25) is 14.9 Å². The summed E-state index contributed by atoms with van der Waals surface area (Å²) in [6, 6.07) is 8.01. The van der Waals surface area contributed by atoms with Crippen LogP contribution in [0.4, 0.5) is 5.69 Å². The zero-order valence-corrected chi connectivity index (χ0v) is 11.6. The highest BCUT2D eigenvalue weighted by molar-refractivity contribution is 5.97. The number of nitrogens with zero attached hydrogens (tertiary/aromatic N) is 1. The molecular formula is C15H11NO6. The number of nitro groups is 1. The van der Waals surface area contributed by atoms with Crippen molar-refractivity contribution in [1.29, 1.82) is 0 Å². The van der Waals surface area contributed by atoms with Crippen LogP contribution in [0.25, 0.3) is 11.1 Å². The summed E-state index contributed by atoms with van der Waals surface area (Å²) >= 11 is 0. The Morgan fingerprint density at radius 2 is 2.00 bits per heavy atom. The van der Waals surface area contributed by atoms with Gasteiger partial charge in [-0.1, -0.05) is 12.1 Å². The minimum Gasteiger partial charge on any atom is -0.497 e. The van der Waals surface area contributed by atoms with Crippen LogP contribution in [0.15, 0.2) is 30.3 Å². The van der Waals surface area contributed by atoms with Crippen LogP contribution in [-0.4, -0.2) is 25.1 Å². The second-order valence-corrected chi connectivity index (χ2v) is 4.52. The average Bonchev–Trinajstić information content (AvgIpc) is 3.01. The molecule has 0 aliphatic carbocycles. The van der Waals surface area contributed by atoms with Gasteiger partial charge in [0.05, 0.1) is 18.1 Å². The molecule has 0 aromatic heterocycles. The number of methoxy groups -OCH3 is 1. The molecule has 7 heteroatoms. The van der Waals surface area contributed by atoms with Crippen molar-refractivity contribution < 1.29 is 23.9 Å². The van der Waals surface area contributed by atoms with Gasteiger partial charge < -0.3 is 14.2 Å². The fourth-order valence-electron chi connectivity index (χ4n) is 2.36. The number of rotatable bonds is 4. The largest absolute Gasteiger partial charge is 0.497 e. The topological polar surface area (TPSA) is 87.9 Å². The third-order valence-electron chi connectivity index (χ3n) is 3.37. The van der Waals surface area contributed by atoms with Crippen molar-refractivity contribution in [1.82, 2.24) is 0 Å². The molecule has 2 aromatic carbocycles. The molecule has 0 atom stereocenters. The number of benzene rings is 2. The molecule has 3 rings (SSSR count). The highest BCUT2D eigenvalue weighted by Crippen LogP contribution is 2.47. The fraction of sp³-hybridized carbons (Fsp3) is 0.133. The number of hydrogen-bond donors (Lipinski definition) is 0. The second kappa shape index (κ2) is 5.36. The van der Waals surface area contributed by atoms with E-state index < -0.39 is 4.92 Å². The van der Waals surface area contributed by atoms with Crippen LogP contribution in [0, 0.1) is 10.1 Å². The van der Waals surface area contributed by atoms with Crippen molar-refractivity contribution in [3.05, 3.63) is 46.0 Å². The van der Waals surface area contributed by atoms with Crippen molar-refractivity contribution >= 4 is 12.0 Å². The van der Waals surface area contributed by atoms with E-state index in [2.05, 4.69) is 0 Å². The number of ether oxygens (including phenoxy) is 3. The highest BCUT2D eigenvalue weighted by Gasteiger charge is 2.30. The van der Waals surface area contributed by atoms with Gasteiger partial charge in [-0.15, -0.1) is 0 Å². The summed E-state index contributed by atoms with van der Waals surface area (Å²) in [6.07, 6.45) is 0.458.